The molecule has 0 saturated carbocycles. The summed E-state index contributed by atoms with van der Waals surface area (Å²) < 4.78 is 7.75. The van der Waals surface area contributed by atoms with Gasteiger partial charge in [0.05, 0.1) is 20.9 Å². The van der Waals surface area contributed by atoms with E-state index in [1.165, 1.54) is 0 Å². The van der Waals surface area contributed by atoms with E-state index in [1.807, 2.05) is 16.8 Å². The Labute approximate surface area is 174 Å². The van der Waals surface area contributed by atoms with E-state index in [0.717, 1.165) is 6.04 Å². The first-order valence-corrected chi connectivity index (χ1v) is 13.5. The van der Waals surface area contributed by atoms with Crippen LogP contribution in [0.1, 0.15) is 0 Å². The first kappa shape index (κ1) is 20.5. The van der Waals surface area contributed by atoms with Gasteiger partial charge in [0.1, 0.15) is 11.9 Å². The van der Waals surface area contributed by atoms with Crippen molar-refractivity contribution in [2.75, 3.05) is 6.61 Å². The van der Waals surface area contributed by atoms with Gasteiger partial charge in [0, 0.05) is 32.0 Å². The quantitative estimate of drug-likeness (QED) is 0.277. The number of hydrogen-bond acceptors (Lipinski definition) is 2. The van der Waals surface area contributed by atoms with Crippen LogP contribution in [-0.4, -0.2) is 24.2 Å². The number of H-pyrrole nitrogens is 1. The zero-order valence-electron chi connectivity index (χ0n) is 15.4. The predicted molar refractivity (Wildman–Crippen MR) is 117 cm³/mol. The number of fused-ring (bicyclic) bond motifs is 1. The molecule has 0 aliphatic heterocycles. The fourth-order valence-corrected chi connectivity index (χ4v) is 4.20. The van der Waals surface area contributed by atoms with Gasteiger partial charge in [0.2, 0.25) is 0 Å². The third-order valence-corrected chi connectivity index (χ3v) is 7.04. The van der Waals surface area contributed by atoms with Crippen LogP contribution in [-0.2, 0) is 11.5 Å². The molecule has 0 bridgehead atoms. The van der Waals surface area contributed by atoms with Crippen molar-refractivity contribution >= 4 is 53.8 Å². The second-order valence-electron chi connectivity index (χ2n) is 7.67. The Balaban J connectivity index is 2.05. The standard InChI is InChI=1S/C19H21Cl3N2O2Si/c1-27(2,3)8-7-26-11-24-10-13(12-5-4-6-14(20)18(12)22)17-15(24)9-16(21)23-19(17)25/h4-6,9-10H,7-8,11H2,1-3H3,(H,23,25). The van der Waals surface area contributed by atoms with E-state index < -0.39 is 8.07 Å². The Morgan fingerprint density at radius 2 is 1.89 bits per heavy atom. The van der Waals surface area contributed by atoms with Gasteiger partial charge in [-0.2, -0.15) is 0 Å². The summed E-state index contributed by atoms with van der Waals surface area (Å²) in [6.45, 7) is 7.93. The third-order valence-electron chi connectivity index (χ3n) is 4.31. The summed E-state index contributed by atoms with van der Waals surface area (Å²) in [4.78, 5) is 15.2. The van der Waals surface area contributed by atoms with Gasteiger partial charge in [-0.25, -0.2) is 0 Å². The third kappa shape index (κ3) is 4.61. The van der Waals surface area contributed by atoms with Gasteiger partial charge in [0.25, 0.3) is 5.56 Å². The minimum atomic E-state index is -1.17. The van der Waals surface area contributed by atoms with Gasteiger partial charge in [-0.05, 0) is 18.2 Å². The molecule has 0 fully saturated rings. The Bertz CT molecular complexity index is 1040. The van der Waals surface area contributed by atoms with Crippen molar-refractivity contribution in [1.82, 2.24) is 9.55 Å². The Morgan fingerprint density at radius 3 is 2.59 bits per heavy atom. The van der Waals surface area contributed by atoms with Crippen LogP contribution in [0, 0.1) is 0 Å². The largest absolute Gasteiger partial charge is 0.361 e. The van der Waals surface area contributed by atoms with Crippen molar-refractivity contribution in [3.8, 4) is 11.1 Å². The molecule has 3 aromatic rings. The second kappa shape index (κ2) is 8.01. The molecule has 8 heteroatoms. The van der Waals surface area contributed by atoms with Crippen molar-refractivity contribution in [3.05, 3.63) is 56.0 Å². The van der Waals surface area contributed by atoms with Crippen LogP contribution in [0.4, 0.5) is 0 Å². The molecule has 1 aromatic carbocycles. The molecular weight excluding hydrogens is 423 g/mol. The minimum Gasteiger partial charge on any atom is -0.361 e. The number of rotatable bonds is 6. The molecule has 3 rings (SSSR count). The number of benzene rings is 1. The summed E-state index contributed by atoms with van der Waals surface area (Å²) in [7, 11) is -1.17. The van der Waals surface area contributed by atoms with Crippen LogP contribution < -0.4 is 5.56 Å². The van der Waals surface area contributed by atoms with Crippen molar-refractivity contribution in [2.45, 2.75) is 32.4 Å². The van der Waals surface area contributed by atoms with Crippen LogP contribution in [0.5, 0.6) is 0 Å². The van der Waals surface area contributed by atoms with E-state index in [1.54, 1.807) is 18.2 Å². The molecule has 4 nitrogen and oxygen atoms in total. The number of halogens is 3. The normalized spacial score (nSPS) is 12.1. The van der Waals surface area contributed by atoms with Crippen molar-refractivity contribution in [3.63, 3.8) is 0 Å². The smallest absolute Gasteiger partial charge is 0.259 e. The van der Waals surface area contributed by atoms with E-state index in [9.17, 15) is 4.79 Å². The van der Waals surface area contributed by atoms with E-state index in [-0.39, 0.29) is 10.7 Å². The first-order valence-electron chi connectivity index (χ1n) is 8.61. The topological polar surface area (TPSA) is 47.0 Å². The molecule has 27 heavy (non-hydrogen) atoms. The lowest BCUT2D eigenvalue weighted by molar-refractivity contribution is 0.0903. The molecule has 0 atom stereocenters. The fourth-order valence-electron chi connectivity index (χ4n) is 2.86. The molecule has 2 heterocycles. The molecule has 144 valence electrons. The van der Waals surface area contributed by atoms with Gasteiger partial charge >= 0.3 is 0 Å². The number of hydrogen-bond donors (Lipinski definition) is 1. The van der Waals surface area contributed by atoms with Gasteiger partial charge in [0.15, 0.2) is 0 Å². The van der Waals surface area contributed by atoms with Crippen molar-refractivity contribution in [1.29, 1.82) is 0 Å². The second-order valence-corrected chi connectivity index (χ2v) is 14.5. The molecule has 0 aliphatic rings. The number of aromatic amines is 1. The average molecular weight is 444 g/mol. The molecule has 2 aromatic heterocycles. The van der Waals surface area contributed by atoms with Crippen LogP contribution in [0.2, 0.25) is 40.9 Å². The lowest BCUT2D eigenvalue weighted by atomic mass is 10.1. The molecule has 0 aliphatic carbocycles. The molecule has 1 N–H and O–H groups in total. The number of nitrogens with one attached hydrogen (secondary N) is 1. The summed E-state index contributed by atoms with van der Waals surface area (Å²) in [5, 5.41) is 1.63. The molecule has 0 amide bonds. The van der Waals surface area contributed by atoms with Crippen LogP contribution in [0.3, 0.4) is 0 Å². The summed E-state index contributed by atoms with van der Waals surface area (Å²) in [6, 6.07) is 8.16. The maximum atomic E-state index is 12.6. The highest BCUT2D eigenvalue weighted by atomic mass is 35.5. The summed E-state index contributed by atoms with van der Waals surface area (Å²) in [5.74, 6) is 0. The SMILES string of the molecule is C[Si](C)(C)CCOCn1cc(-c2cccc(Cl)c2Cl)c2c(=O)[nH]c(Cl)cc21. The Kier molecular flexibility index (Phi) is 6.08. The summed E-state index contributed by atoms with van der Waals surface area (Å²) >= 11 is 18.6. The van der Waals surface area contributed by atoms with E-state index in [4.69, 9.17) is 39.5 Å². The van der Waals surface area contributed by atoms with E-state index in [0.29, 0.717) is 45.4 Å². The zero-order valence-corrected chi connectivity index (χ0v) is 18.7. The highest BCUT2D eigenvalue weighted by Gasteiger charge is 2.18. The molecular formula is C19H21Cl3N2O2Si. The van der Waals surface area contributed by atoms with Crippen LogP contribution in [0.25, 0.3) is 22.0 Å². The molecule has 0 spiro atoms. The Hall–Kier alpha value is -1.24. The minimum absolute atomic E-state index is 0.274. The van der Waals surface area contributed by atoms with Crippen LogP contribution in [0.15, 0.2) is 35.3 Å². The monoisotopic (exact) mass is 442 g/mol. The first-order chi connectivity index (χ1) is 12.7. The molecule has 0 unspecified atom stereocenters. The average Bonchev–Trinajstić information content (AvgIpc) is 2.92. The molecule has 0 radical (unpaired) electrons. The maximum absolute atomic E-state index is 12.6. The van der Waals surface area contributed by atoms with Gasteiger partial charge in [-0.3, -0.25) is 4.79 Å². The van der Waals surface area contributed by atoms with E-state index >= 15 is 0 Å². The number of nitrogens with zero attached hydrogens (tertiary/aromatic N) is 1. The zero-order chi connectivity index (χ0) is 19.8. The number of aromatic nitrogens is 2. The van der Waals surface area contributed by atoms with Crippen LogP contribution >= 0.6 is 34.8 Å². The molecule has 0 saturated heterocycles. The van der Waals surface area contributed by atoms with Gasteiger partial charge < -0.3 is 14.3 Å². The highest BCUT2D eigenvalue weighted by Crippen LogP contribution is 2.37. The Morgan fingerprint density at radius 1 is 1.15 bits per heavy atom. The fraction of sp³-hybridized carbons (Fsp3) is 0.316. The number of ether oxygens (including phenoxy) is 1. The van der Waals surface area contributed by atoms with Crippen molar-refractivity contribution < 1.29 is 4.74 Å². The van der Waals surface area contributed by atoms with Gasteiger partial charge in [-0.15, -0.1) is 0 Å². The highest BCUT2D eigenvalue weighted by molar-refractivity contribution is 6.76. The van der Waals surface area contributed by atoms with E-state index in [2.05, 4.69) is 24.6 Å². The lowest BCUT2D eigenvalue weighted by Gasteiger charge is -2.15. The predicted octanol–water partition coefficient (Wildman–Crippen LogP) is 6.27. The van der Waals surface area contributed by atoms with Crippen molar-refractivity contribution in [2.24, 2.45) is 0 Å². The summed E-state index contributed by atoms with van der Waals surface area (Å²) in [6.07, 6.45) is 1.86. The maximum Gasteiger partial charge on any atom is 0.259 e. The van der Waals surface area contributed by atoms with Gasteiger partial charge in [-0.1, -0.05) is 66.6 Å². The summed E-state index contributed by atoms with van der Waals surface area (Å²) in [5.41, 5.74) is 1.82. The lowest BCUT2D eigenvalue weighted by Crippen LogP contribution is -2.22. The number of pyridine rings is 1.